The van der Waals surface area contributed by atoms with Crippen LogP contribution in [0.2, 0.25) is 0 Å². The van der Waals surface area contributed by atoms with Crippen LogP contribution in [0.3, 0.4) is 0 Å². The molecule has 0 aromatic heterocycles. The maximum absolute atomic E-state index is 8.91. The Morgan fingerprint density at radius 2 is 2.25 bits per heavy atom. The van der Waals surface area contributed by atoms with Crippen molar-refractivity contribution in [3.8, 4) is 0 Å². The molecule has 1 aliphatic rings. The molecule has 110 valence electrons. The average molecular weight is 277 g/mol. The smallest absolute Gasteiger partial charge is 0.147 e. The van der Waals surface area contributed by atoms with E-state index in [-0.39, 0.29) is 11.8 Å². The number of hydrogen-bond acceptors (Lipinski definition) is 4. The van der Waals surface area contributed by atoms with Gasteiger partial charge in [0.1, 0.15) is 5.84 Å². The third kappa shape index (κ3) is 4.21. The SMILES string of the molecule is NC(=NO)C(CNCCC1CCCO1)c1ccccc1. The molecule has 1 saturated heterocycles. The molecule has 5 nitrogen and oxygen atoms in total. The Labute approximate surface area is 119 Å². The Hall–Kier alpha value is -1.59. The van der Waals surface area contributed by atoms with Gasteiger partial charge in [0.2, 0.25) is 0 Å². The standard InChI is InChI=1S/C15H23N3O2/c16-15(18-19)14(12-5-2-1-3-6-12)11-17-9-8-13-7-4-10-20-13/h1-3,5-6,13-14,17,19H,4,7-11H2,(H2,16,18). The maximum Gasteiger partial charge on any atom is 0.147 e. The van der Waals surface area contributed by atoms with Crippen LogP contribution in [0.15, 0.2) is 35.5 Å². The van der Waals surface area contributed by atoms with Crippen LogP contribution in [0.1, 0.15) is 30.7 Å². The summed E-state index contributed by atoms with van der Waals surface area (Å²) >= 11 is 0. The van der Waals surface area contributed by atoms with E-state index in [0.29, 0.717) is 12.6 Å². The molecule has 1 aromatic rings. The van der Waals surface area contributed by atoms with Gasteiger partial charge in [0.05, 0.1) is 12.0 Å². The van der Waals surface area contributed by atoms with Gasteiger partial charge in [-0.25, -0.2) is 0 Å². The lowest BCUT2D eigenvalue weighted by Gasteiger charge is -2.17. The zero-order chi connectivity index (χ0) is 14.2. The first-order chi connectivity index (χ1) is 9.81. The van der Waals surface area contributed by atoms with Gasteiger partial charge in [-0.3, -0.25) is 0 Å². The van der Waals surface area contributed by atoms with Gasteiger partial charge in [0, 0.05) is 13.2 Å². The van der Waals surface area contributed by atoms with Gasteiger partial charge >= 0.3 is 0 Å². The third-order valence-corrected chi connectivity index (χ3v) is 3.69. The number of benzene rings is 1. The lowest BCUT2D eigenvalue weighted by atomic mass is 9.98. The lowest BCUT2D eigenvalue weighted by molar-refractivity contribution is 0.104. The van der Waals surface area contributed by atoms with Gasteiger partial charge in [-0.05, 0) is 31.4 Å². The van der Waals surface area contributed by atoms with Crippen LogP contribution in [-0.4, -0.2) is 36.8 Å². The number of amidine groups is 1. The molecule has 1 aromatic carbocycles. The molecule has 1 aliphatic heterocycles. The molecule has 0 saturated carbocycles. The second kappa shape index (κ2) is 7.87. The van der Waals surface area contributed by atoms with Crippen molar-refractivity contribution >= 4 is 5.84 Å². The van der Waals surface area contributed by atoms with Crippen molar-refractivity contribution in [2.75, 3.05) is 19.7 Å². The van der Waals surface area contributed by atoms with Gasteiger partial charge in [-0.15, -0.1) is 0 Å². The summed E-state index contributed by atoms with van der Waals surface area (Å²) in [4.78, 5) is 0. The minimum absolute atomic E-state index is 0.106. The molecular formula is C15H23N3O2. The molecule has 2 rings (SSSR count). The Bertz CT molecular complexity index is 416. The fraction of sp³-hybridized carbons (Fsp3) is 0.533. The van der Waals surface area contributed by atoms with Crippen molar-refractivity contribution < 1.29 is 9.94 Å². The van der Waals surface area contributed by atoms with E-state index in [1.807, 2.05) is 30.3 Å². The van der Waals surface area contributed by atoms with Gasteiger partial charge < -0.3 is 21.0 Å². The van der Waals surface area contributed by atoms with E-state index < -0.39 is 0 Å². The van der Waals surface area contributed by atoms with Crippen molar-refractivity contribution in [3.05, 3.63) is 35.9 Å². The fourth-order valence-electron chi connectivity index (χ4n) is 2.53. The third-order valence-electron chi connectivity index (χ3n) is 3.69. The molecular weight excluding hydrogens is 254 g/mol. The van der Waals surface area contributed by atoms with E-state index in [9.17, 15) is 0 Å². The summed E-state index contributed by atoms with van der Waals surface area (Å²) in [5.74, 6) is 0.131. The van der Waals surface area contributed by atoms with E-state index in [4.69, 9.17) is 15.7 Å². The molecule has 0 radical (unpaired) electrons. The van der Waals surface area contributed by atoms with Crippen molar-refractivity contribution in [1.82, 2.24) is 5.32 Å². The van der Waals surface area contributed by atoms with Gasteiger partial charge in [0.15, 0.2) is 0 Å². The number of rotatable bonds is 7. The molecule has 0 amide bonds. The highest BCUT2D eigenvalue weighted by Gasteiger charge is 2.17. The number of hydrogen-bond donors (Lipinski definition) is 3. The monoisotopic (exact) mass is 277 g/mol. The minimum atomic E-state index is -0.106. The molecule has 0 spiro atoms. The predicted octanol–water partition coefficient (Wildman–Crippen LogP) is 1.68. The van der Waals surface area contributed by atoms with Crippen LogP contribution in [-0.2, 0) is 4.74 Å². The van der Waals surface area contributed by atoms with Gasteiger partial charge in [-0.1, -0.05) is 35.5 Å². The van der Waals surface area contributed by atoms with Crippen molar-refractivity contribution in [3.63, 3.8) is 0 Å². The zero-order valence-electron chi connectivity index (χ0n) is 11.7. The van der Waals surface area contributed by atoms with Crippen LogP contribution >= 0.6 is 0 Å². The highest BCUT2D eigenvalue weighted by atomic mass is 16.5. The molecule has 1 heterocycles. The van der Waals surface area contributed by atoms with Crippen molar-refractivity contribution in [2.45, 2.75) is 31.3 Å². The summed E-state index contributed by atoms with van der Waals surface area (Å²) in [5, 5.41) is 15.4. The molecule has 20 heavy (non-hydrogen) atoms. The first kappa shape index (κ1) is 14.8. The minimum Gasteiger partial charge on any atom is -0.409 e. The maximum atomic E-state index is 8.91. The summed E-state index contributed by atoms with van der Waals surface area (Å²) in [6.07, 6.45) is 3.73. The Morgan fingerprint density at radius 1 is 1.45 bits per heavy atom. The Morgan fingerprint density at radius 3 is 2.90 bits per heavy atom. The number of ether oxygens (including phenoxy) is 1. The molecule has 2 unspecified atom stereocenters. The quantitative estimate of drug-likeness (QED) is 0.233. The van der Waals surface area contributed by atoms with Crippen molar-refractivity contribution in [1.29, 1.82) is 0 Å². The van der Waals surface area contributed by atoms with Gasteiger partial charge in [-0.2, -0.15) is 0 Å². The average Bonchev–Trinajstić information content (AvgIpc) is 3.01. The molecule has 4 N–H and O–H groups in total. The van der Waals surface area contributed by atoms with Crippen LogP contribution in [0.4, 0.5) is 0 Å². The normalized spacial score (nSPS) is 21.0. The number of nitrogens with zero attached hydrogens (tertiary/aromatic N) is 1. The van der Waals surface area contributed by atoms with E-state index in [1.165, 1.54) is 6.42 Å². The molecule has 0 aliphatic carbocycles. The highest BCUT2D eigenvalue weighted by Crippen LogP contribution is 2.16. The van der Waals surface area contributed by atoms with Crippen LogP contribution < -0.4 is 11.1 Å². The lowest BCUT2D eigenvalue weighted by Crippen LogP contribution is -2.33. The first-order valence-electron chi connectivity index (χ1n) is 7.16. The van der Waals surface area contributed by atoms with E-state index >= 15 is 0 Å². The summed E-state index contributed by atoms with van der Waals surface area (Å²) in [6, 6.07) is 9.85. The molecule has 0 bridgehead atoms. The molecule has 1 fully saturated rings. The van der Waals surface area contributed by atoms with E-state index in [0.717, 1.165) is 31.6 Å². The summed E-state index contributed by atoms with van der Waals surface area (Å²) < 4.78 is 5.58. The largest absolute Gasteiger partial charge is 0.409 e. The summed E-state index contributed by atoms with van der Waals surface area (Å²) in [6.45, 7) is 2.43. The van der Waals surface area contributed by atoms with E-state index in [2.05, 4.69) is 10.5 Å². The fourth-order valence-corrected chi connectivity index (χ4v) is 2.53. The number of nitrogens with one attached hydrogen (secondary N) is 1. The Balaban J connectivity index is 1.82. The highest BCUT2D eigenvalue weighted by molar-refractivity contribution is 5.87. The topological polar surface area (TPSA) is 79.9 Å². The van der Waals surface area contributed by atoms with Crippen LogP contribution in [0.5, 0.6) is 0 Å². The molecule has 2 atom stereocenters. The van der Waals surface area contributed by atoms with Crippen molar-refractivity contribution in [2.24, 2.45) is 10.9 Å². The second-order valence-corrected chi connectivity index (χ2v) is 5.12. The Kier molecular flexibility index (Phi) is 5.83. The summed E-state index contributed by atoms with van der Waals surface area (Å²) in [5.41, 5.74) is 6.84. The van der Waals surface area contributed by atoms with E-state index in [1.54, 1.807) is 0 Å². The second-order valence-electron chi connectivity index (χ2n) is 5.12. The zero-order valence-corrected chi connectivity index (χ0v) is 11.7. The first-order valence-corrected chi connectivity index (χ1v) is 7.16. The number of nitrogens with two attached hydrogens (primary N) is 1. The molecule has 5 heteroatoms. The summed E-state index contributed by atoms with van der Waals surface area (Å²) in [7, 11) is 0. The van der Waals surface area contributed by atoms with Crippen LogP contribution in [0.25, 0.3) is 0 Å². The van der Waals surface area contributed by atoms with Gasteiger partial charge in [0.25, 0.3) is 0 Å². The number of oxime groups is 1. The van der Waals surface area contributed by atoms with Crippen LogP contribution in [0, 0.1) is 0 Å². The predicted molar refractivity (Wildman–Crippen MR) is 79.1 cm³/mol.